The number of rotatable bonds is 8. The molecule has 0 unspecified atom stereocenters. The summed E-state index contributed by atoms with van der Waals surface area (Å²) in [4.78, 5) is 0. The number of ether oxygens (including phenoxy) is 1. The van der Waals surface area contributed by atoms with E-state index >= 15 is 0 Å². The molecule has 1 aromatic rings. The van der Waals surface area contributed by atoms with Crippen molar-refractivity contribution >= 4 is 17.5 Å². The summed E-state index contributed by atoms with van der Waals surface area (Å²) in [5, 5.41) is 7.96. The lowest BCUT2D eigenvalue weighted by atomic mass is 10.1. The van der Waals surface area contributed by atoms with Gasteiger partial charge in [-0.3, -0.25) is 5.41 Å². The number of hydrogen-bond donors (Lipinski definition) is 1. The first-order valence-corrected chi connectivity index (χ1v) is 10.0. The molecule has 0 heterocycles. The molecule has 1 aromatic carbocycles. The van der Waals surface area contributed by atoms with Crippen molar-refractivity contribution in [3.05, 3.63) is 82.2 Å². The average Bonchev–Trinajstić information content (AvgIpc) is 2.66. The molecule has 28 heavy (non-hydrogen) atoms. The van der Waals surface area contributed by atoms with E-state index in [0.29, 0.717) is 29.2 Å². The molecule has 0 saturated carbocycles. The van der Waals surface area contributed by atoms with E-state index in [-0.39, 0.29) is 11.7 Å². The monoisotopic (exact) mass is 405 g/mol. The van der Waals surface area contributed by atoms with E-state index in [4.69, 9.17) is 21.7 Å². The summed E-state index contributed by atoms with van der Waals surface area (Å²) in [6.45, 7) is 14.0. The number of benzene rings is 1. The zero-order chi connectivity index (χ0) is 21.5. The third-order valence-corrected chi connectivity index (χ3v) is 4.29. The van der Waals surface area contributed by atoms with Crippen LogP contribution in [-0.4, -0.2) is 12.5 Å². The van der Waals surface area contributed by atoms with Gasteiger partial charge in [0.1, 0.15) is 5.82 Å². The molecule has 154 valence electrons. The number of unbranched alkanes of at least 4 members (excludes halogenated alkanes) is 1. The molecular weight excluding hydrogens is 373 g/mol. The Bertz CT molecular complexity index is 709. The van der Waals surface area contributed by atoms with Crippen LogP contribution in [0, 0.1) is 11.2 Å². The lowest BCUT2D eigenvalue weighted by molar-refractivity contribution is 0.325. The first-order chi connectivity index (χ1) is 13.4. The molecule has 0 aromatic heterocycles. The highest BCUT2D eigenvalue weighted by Crippen LogP contribution is 2.24. The van der Waals surface area contributed by atoms with E-state index in [1.807, 2.05) is 39.0 Å². The van der Waals surface area contributed by atoms with Crippen molar-refractivity contribution in [1.29, 1.82) is 5.41 Å². The molecule has 1 rings (SSSR count). The van der Waals surface area contributed by atoms with Gasteiger partial charge in [0.25, 0.3) is 0 Å². The van der Waals surface area contributed by atoms with E-state index in [1.165, 1.54) is 17.2 Å². The second kappa shape index (κ2) is 14.9. The van der Waals surface area contributed by atoms with Gasteiger partial charge in [-0.25, -0.2) is 4.39 Å². The lowest BCUT2D eigenvalue weighted by Crippen LogP contribution is -2.06. The van der Waals surface area contributed by atoms with Crippen LogP contribution in [0.2, 0.25) is 5.02 Å². The molecule has 0 atom stereocenters. The van der Waals surface area contributed by atoms with Gasteiger partial charge in [0.2, 0.25) is 5.90 Å². The quantitative estimate of drug-likeness (QED) is 0.267. The van der Waals surface area contributed by atoms with Crippen LogP contribution in [0.15, 0.2) is 60.2 Å². The van der Waals surface area contributed by atoms with Crippen LogP contribution in [0.5, 0.6) is 0 Å². The molecule has 0 bridgehead atoms. The highest BCUT2D eigenvalue weighted by molar-refractivity contribution is 6.31. The highest BCUT2D eigenvalue weighted by atomic mass is 35.5. The van der Waals surface area contributed by atoms with Crippen LogP contribution < -0.4 is 0 Å². The molecule has 0 saturated heterocycles. The Balaban J connectivity index is 0.000000576. The summed E-state index contributed by atoms with van der Waals surface area (Å²) in [5.74, 6) is -0.402. The average molecular weight is 406 g/mol. The molecule has 4 heteroatoms. The van der Waals surface area contributed by atoms with Crippen LogP contribution in [0.1, 0.15) is 58.6 Å². The fraction of sp³-hybridized carbons (Fsp3) is 0.375. The molecule has 0 spiro atoms. The molecule has 1 N–H and O–H groups in total. The smallest absolute Gasteiger partial charge is 0.213 e. The fourth-order valence-electron chi connectivity index (χ4n) is 2.46. The Kier molecular flexibility index (Phi) is 13.7. The third kappa shape index (κ3) is 9.18. The molecule has 0 aliphatic heterocycles. The summed E-state index contributed by atoms with van der Waals surface area (Å²) in [7, 11) is 0. The van der Waals surface area contributed by atoms with E-state index in [9.17, 15) is 4.39 Å². The van der Waals surface area contributed by atoms with Crippen LogP contribution in [0.25, 0.3) is 0 Å². The van der Waals surface area contributed by atoms with Crippen molar-refractivity contribution in [2.24, 2.45) is 0 Å². The summed E-state index contributed by atoms with van der Waals surface area (Å²) in [5.41, 5.74) is 3.42. The van der Waals surface area contributed by atoms with Crippen LogP contribution in [-0.2, 0) is 11.2 Å². The first kappa shape index (κ1) is 25.9. The first-order valence-electron chi connectivity index (χ1n) is 9.64. The SMILES string of the molecule is C=C\C=C(C)/C(/C=C\C)=C\C.CCCCc1c(F)cc(C(=N)OCC)cc1Cl. The summed E-state index contributed by atoms with van der Waals surface area (Å²) in [6.07, 6.45) is 12.6. The standard InChI is InChI=1S/C13H17ClFNO.C11H16/c1-3-5-6-10-11(14)7-9(8-12(10)15)13(16)17-4-2;1-5-8-10(4)11(7-3)9-6-2/h7-8,16H,3-6H2,1-2H3;5-9H,1H2,2-4H3/b;9-6-,10-8-,11-7-. The Morgan fingerprint density at radius 3 is 2.43 bits per heavy atom. The lowest BCUT2D eigenvalue weighted by Gasteiger charge is -2.09. The molecule has 0 radical (unpaired) electrons. The molecule has 0 aliphatic rings. The number of halogens is 2. The van der Waals surface area contributed by atoms with Crippen molar-refractivity contribution in [3.8, 4) is 0 Å². The van der Waals surface area contributed by atoms with E-state index < -0.39 is 0 Å². The second-order valence-corrected chi connectivity index (χ2v) is 6.52. The van der Waals surface area contributed by atoms with Crippen molar-refractivity contribution < 1.29 is 9.13 Å². The Morgan fingerprint density at radius 1 is 1.29 bits per heavy atom. The van der Waals surface area contributed by atoms with Crippen LogP contribution in [0.4, 0.5) is 4.39 Å². The predicted octanol–water partition coefficient (Wildman–Crippen LogP) is 7.82. The number of hydrogen-bond acceptors (Lipinski definition) is 2. The van der Waals surface area contributed by atoms with Crippen molar-refractivity contribution in [2.75, 3.05) is 6.61 Å². The largest absolute Gasteiger partial charge is 0.478 e. The minimum atomic E-state index is -0.356. The highest BCUT2D eigenvalue weighted by Gasteiger charge is 2.12. The predicted molar refractivity (Wildman–Crippen MR) is 121 cm³/mol. The van der Waals surface area contributed by atoms with Gasteiger partial charge in [-0.2, -0.15) is 0 Å². The molecule has 0 aliphatic carbocycles. The van der Waals surface area contributed by atoms with Crippen LogP contribution >= 0.6 is 11.6 Å². The second-order valence-electron chi connectivity index (χ2n) is 6.11. The molecule has 0 fully saturated rings. The zero-order valence-corrected chi connectivity index (χ0v) is 18.5. The van der Waals surface area contributed by atoms with Gasteiger partial charge in [-0.05, 0) is 63.8 Å². The summed E-state index contributed by atoms with van der Waals surface area (Å²) in [6, 6.07) is 2.91. The van der Waals surface area contributed by atoms with Gasteiger partial charge in [0.15, 0.2) is 0 Å². The van der Waals surface area contributed by atoms with E-state index in [1.54, 1.807) is 13.0 Å². The van der Waals surface area contributed by atoms with Crippen molar-refractivity contribution in [1.82, 2.24) is 0 Å². The van der Waals surface area contributed by atoms with E-state index in [0.717, 1.165) is 12.8 Å². The number of allylic oxidation sites excluding steroid dienone is 7. The third-order valence-electron chi connectivity index (χ3n) is 3.95. The molecular formula is C24H33ClFNO. The minimum absolute atomic E-state index is 0.0460. The van der Waals surface area contributed by atoms with Gasteiger partial charge >= 0.3 is 0 Å². The van der Waals surface area contributed by atoms with Crippen molar-refractivity contribution in [3.63, 3.8) is 0 Å². The van der Waals surface area contributed by atoms with Crippen molar-refractivity contribution in [2.45, 2.75) is 53.9 Å². The van der Waals surface area contributed by atoms with Gasteiger partial charge in [0, 0.05) is 16.1 Å². The molecule has 0 amide bonds. The minimum Gasteiger partial charge on any atom is -0.478 e. The topological polar surface area (TPSA) is 33.1 Å². The van der Waals surface area contributed by atoms with Gasteiger partial charge in [0.05, 0.1) is 6.61 Å². The normalized spacial score (nSPS) is 11.8. The van der Waals surface area contributed by atoms with E-state index in [2.05, 4.69) is 25.7 Å². The van der Waals surface area contributed by atoms with Gasteiger partial charge in [-0.15, -0.1) is 0 Å². The van der Waals surface area contributed by atoms with Crippen LogP contribution in [0.3, 0.4) is 0 Å². The maximum Gasteiger partial charge on any atom is 0.213 e. The van der Waals surface area contributed by atoms with Gasteiger partial charge < -0.3 is 4.74 Å². The zero-order valence-electron chi connectivity index (χ0n) is 17.7. The number of nitrogens with one attached hydrogen (secondary N) is 1. The maximum absolute atomic E-state index is 13.8. The summed E-state index contributed by atoms with van der Waals surface area (Å²) < 4.78 is 18.8. The molecule has 2 nitrogen and oxygen atoms in total. The van der Waals surface area contributed by atoms with Gasteiger partial charge in [-0.1, -0.05) is 61.9 Å². The Hall–Kier alpha value is -2.13. The maximum atomic E-state index is 13.8. The summed E-state index contributed by atoms with van der Waals surface area (Å²) >= 11 is 6.02. The fourth-order valence-corrected chi connectivity index (χ4v) is 2.76. The Morgan fingerprint density at radius 2 is 1.96 bits per heavy atom. The Labute approximate surface area is 175 Å².